The summed E-state index contributed by atoms with van der Waals surface area (Å²) in [5.41, 5.74) is 17.4. The number of fused-ring (bicyclic) bond motifs is 10. The van der Waals surface area contributed by atoms with E-state index in [9.17, 15) is 0 Å². The minimum atomic E-state index is -0.375. The molecule has 1 aliphatic rings. The van der Waals surface area contributed by atoms with E-state index in [2.05, 4.69) is 167 Å². The van der Waals surface area contributed by atoms with Crippen molar-refractivity contribution >= 4 is 83.7 Å². The fraction of sp³-hybridized carbons (Fsp3) is 0.0886. The van der Waals surface area contributed by atoms with Gasteiger partial charge in [-0.25, -0.2) is 39.9 Å². The number of imidazole rings is 2. The maximum absolute atomic E-state index is 6.21. The molecule has 1 fully saturated rings. The minimum absolute atomic E-state index is 0. The van der Waals surface area contributed by atoms with Crippen molar-refractivity contribution in [2.45, 2.75) is 46.3 Å². The van der Waals surface area contributed by atoms with E-state index in [4.69, 9.17) is 39.2 Å². The second-order valence-corrected chi connectivity index (χ2v) is 24.4. The molecular weight excluding hydrogens is 1210 g/mol. The van der Waals surface area contributed by atoms with Crippen molar-refractivity contribution in [2.24, 2.45) is 0 Å². The Balaban J connectivity index is 0.000000128. The lowest BCUT2D eigenvalue weighted by Gasteiger charge is -2.32. The molecule has 17 rings (SSSR count). The zero-order valence-electron chi connectivity index (χ0n) is 50.8. The molecule has 16 aromatic rings. The molecule has 8 aromatic carbocycles. The van der Waals surface area contributed by atoms with Gasteiger partial charge in [0.25, 0.3) is 0 Å². The van der Waals surface area contributed by atoms with Crippen molar-refractivity contribution in [3.63, 3.8) is 0 Å². The highest BCUT2D eigenvalue weighted by atomic mass is 79.9. The van der Waals surface area contributed by atoms with Crippen LogP contribution in [0.25, 0.3) is 134 Å². The van der Waals surface area contributed by atoms with Crippen molar-refractivity contribution in [1.82, 2.24) is 48.7 Å². The summed E-state index contributed by atoms with van der Waals surface area (Å²) in [5, 5.41) is 4.37. The van der Waals surface area contributed by atoms with E-state index in [1.165, 1.54) is 0 Å². The predicted octanol–water partition coefficient (Wildman–Crippen LogP) is 18.7. The van der Waals surface area contributed by atoms with Crippen LogP contribution >= 0.6 is 15.9 Å². The first-order valence-electron chi connectivity index (χ1n) is 30.5. The molecule has 0 amide bonds. The monoisotopic (exact) mass is 1270 g/mol. The van der Waals surface area contributed by atoms with Gasteiger partial charge in [-0.15, -0.1) is 0 Å². The van der Waals surface area contributed by atoms with Crippen LogP contribution in [0.4, 0.5) is 0 Å². The molecular formula is C79H62BBrN10O2. The minimum Gasteiger partial charge on any atom is -0.399 e. The van der Waals surface area contributed by atoms with Gasteiger partial charge in [0.15, 0.2) is 22.9 Å². The summed E-state index contributed by atoms with van der Waals surface area (Å²) in [4.78, 5) is 38.9. The van der Waals surface area contributed by atoms with Crippen LogP contribution in [0.1, 0.15) is 35.1 Å². The fourth-order valence-electron chi connectivity index (χ4n) is 11.6. The van der Waals surface area contributed by atoms with Gasteiger partial charge >= 0.3 is 7.12 Å². The Morgan fingerprint density at radius 1 is 0.333 bits per heavy atom. The van der Waals surface area contributed by atoms with E-state index in [1.54, 1.807) is 0 Å². The van der Waals surface area contributed by atoms with Crippen molar-refractivity contribution < 1.29 is 9.31 Å². The molecule has 0 bridgehead atoms. The summed E-state index contributed by atoms with van der Waals surface area (Å²) in [7, 11) is -0.375. The van der Waals surface area contributed by atoms with Gasteiger partial charge in [-0.3, -0.25) is 8.80 Å². The Labute approximate surface area is 547 Å². The Morgan fingerprint density at radius 3 is 1.12 bits per heavy atom. The summed E-state index contributed by atoms with van der Waals surface area (Å²) in [6, 6.07) is 90.0. The summed E-state index contributed by atoms with van der Waals surface area (Å²) >= 11 is 3.46. The number of hydrogen-bond acceptors (Lipinski definition) is 10. The summed E-state index contributed by atoms with van der Waals surface area (Å²) in [6.07, 6.45) is 4.03. The van der Waals surface area contributed by atoms with Crippen LogP contribution < -0.4 is 5.46 Å². The van der Waals surface area contributed by atoms with Gasteiger partial charge in [-0.1, -0.05) is 238 Å². The fourth-order valence-corrected chi connectivity index (χ4v) is 12.0. The van der Waals surface area contributed by atoms with Gasteiger partial charge in [0.1, 0.15) is 26.9 Å². The third-order valence-electron chi connectivity index (χ3n) is 17.1. The van der Waals surface area contributed by atoms with Crippen LogP contribution in [-0.4, -0.2) is 67.0 Å². The summed E-state index contributed by atoms with van der Waals surface area (Å²) in [5.74, 6) is 1.44. The Morgan fingerprint density at radius 2 is 0.677 bits per heavy atom. The quantitative estimate of drug-likeness (QED) is 0.107. The zero-order valence-corrected chi connectivity index (χ0v) is 52.4. The van der Waals surface area contributed by atoms with Gasteiger partial charge in [0.05, 0.1) is 39.7 Å². The lowest BCUT2D eigenvalue weighted by Crippen LogP contribution is -2.41. The first kappa shape index (κ1) is 59.7. The maximum atomic E-state index is 6.21. The molecule has 0 unspecified atom stereocenters. The number of halogens is 1. The SMILES string of the molecule is Brc1cc(-c2ccccc2)nc(-c2ccccc2)n1.C.CC1(C)OB(c2ccc(-c3nc4c(nc5ccccn54)c4ccccc34)cc2)OC1(C)C.c1ccc(-c2cc(-c3ccc(-c4nc5c(nc6ccccn65)c5ccccc45)cc3)nc(-c3ccccc3)n2)cc1. The predicted molar refractivity (Wildman–Crippen MR) is 382 cm³/mol. The van der Waals surface area contributed by atoms with Crippen LogP contribution in [-0.2, 0) is 9.31 Å². The van der Waals surface area contributed by atoms with Crippen molar-refractivity contribution in [2.75, 3.05) is 0 Å². The first-order chi connectivity index (χ1) is 45.0. The summed E-state index contributed by atoms with van der Waals surface area (Å²) < 4.78 is 17.3. The molecule has 9 heterocycles. The highest BCUT2D eigenvalue weighted by Crippen LogP contribution is 2.39. The van der Waals surface area contributed by atoms with Gasteiger partial charge < -0.3 is 9.31 Å². The molecule has 0 radical (unpaired) electrons. The standard InChI is InChI=1S/C36H23N5.C26H24BN3O2.C16H11BrN2.CH4/c1-3-11-24(12-4-1)30-23-31(38-35(37-30)27-13-5-2-6-14-27)25-18-20-26(21-19-25)33-28-15-7-8-16-29(28)34-36(40-33)41-22-10-9-17-32(41)39-34;1-25(2)26(3,4)32-27(31-25)18-14-12-17(13-15-18)22-19-9-5-6-10-20(19)23-24(29-22)30-16-8-7-11-21(30)28-23;17-15-11-14(12-7-3-1-4-8-12)18-16(19-15)13-9-5-2-6-10-13;/h1-23H;5-16H,1-4H3;1-11H;1H4. The van der Waals surface area contributed by atoms with E-state index in [1.807, 2.05) is 175 Å². The van der Waals surface area contributed by atoms with Gasteiger partial charge in [0.2, 0.25) is 0 Å². The smallest absolute Gasteiger partial charge is 0.399 e. The molecule has 14 heteroatoms. The second-order valence-electron chi connectivity index (χ2n) is 23.6. The molecule has 0 aliphatic carbocycles. The normalized spacial score (nSPS) is 13.2. The molecule has 450 valence electrons. The van der Waals surface area contributed by atoms with Gasteiger partial charge in [-0.05, 0) is 85.5 Å². The number of aromatic nitrogens is 10. The molecule has 12 nitrogen and oxygen atoms in total. The first-order valence-corrected chi connectivity index (χ1v) is 31.3. The number of nitrogens with zero attached hydrogens (tertiary/aromatic N) is 10. The third-order valence-corrected chi connectivity index (χ3v) is 17.5. The highest BCUT2D eigenvalue weighted by molar-refractivity contribution is 9.10. The number of hydrogen-bond donors (Lipinski definition) is 0. The lowest BCUT2D eigenvalue weighted by molar-refractivity contribution is 0.00578. The van der Waals surface area contributed by atoms with Gasteiger partial charge in [-0.2, -0.15) is 0 Å². The largest absolute Gasteiger partial charge is 0.494 e. The van der Waals surface area contributed by atoms with Crippen molar-refractivity contribution in [1.29, 1.82) is 0 Å². The van der Waals surface area contributed by atoms with Crippen molar-refractivity contribution in [3.05, 3.63) is 284 Å². The van der Waals surface area contributed by atoms with E-state index in [-0.39, 0.29) is 25.7 Å². The van der Waals surface area contributed by atoms with E-state index in [0.717, 1.165) is 138 Å². The zero-order chi connectivity index (χ0) is 62.3. The molecule has 0 spiro atoms. The molecule has 1 aliphatic heterocycles. The molecule has 0 N–H and O–H groups in total. The Hall–Kier alpha value is -10.9. The molecule has 93 heavy (non-hydrogen) atoms. The van der Waals surface area contributed by atoms with Crippen molar-refractivity contribution in [3.8, 4) is 79.1 Å². The molecule has 8 aromatic heterocycles. The van der Waals surface area contributed by atoms with Crippen LogP contribution in [0.2, 0.25) is 0 Å². The number of benzene rings is 8. The van der Waals surface area contributed by atoms with E-state index < -0.39 is 0 Å². The Kier molecular flexibility index (Phi) is 16.1. The molecule has 1 saturated heterocycles. The highest BCUT2D eigenvalue weighted by Gasteiger charge is 2.51. The second kappa shape index (κ2) is 25.1. The van der Waals surface area contributed by atoms with Crippen LogP contribution in [0, 0.1) is 0 Å². The summed E-state index contributed by atoms with van der Waals surface area (Å²) in [6.45, 7) is 8.29. The number of pyridine rings is 4. The van der Waals surface area contributed by atoms with Crippen LogP contribution in [0.15, 0.2) is 284 Å². The maximum Gasteiger partial charge on any atom is 0.494 e. The molecule has 0 saturated carbocycles. The van der Waals surface area contributed by atoms with Crippen LogP contribution in [0.3, 0.4) is 0 Å². The number of rotatable bonds is 8. The van der Waals surface area contributed by atoms with E-state index in [0.29, 0.717) is 5.82 Å². The van der Waals surface area contributed by atoms with Crippen LogP contribution in [0.5, 0.6) is 0 Å². The lowest BCUT2D eigenvalue weighted by atomic mass is 9.78. The average molecular weight is 1270 g/mol. The molecule has 0 atom stereocenters. The Bertz CT molecular complexity index is 5230. The average Bonchev–Trinajstić information content (AvgIpc) is 1.68. The third kappa shape index (κ3) is 11.7. The van der Waals surface area contributed by atoms with Gasteiger partial charge in [0, 0.05) is 72.9 Å². The van der Waals surface area contributed by atoms with E-state index >= 15 is 0 Å². The topological polar surface area (TPSA) is 130 Å².